The van der Waals surface area contributed by atoms with E-state index >= 15 is 0 Å². The number of furan rings is 1. The van der Waals surface area contributed by atoms with Crippen molar-refractivity contribution in [3.05, 3.63) is 96.0 Å². The summed E-state index contributed by atoms with van der Waals surface area (Å²) < 4.78 is 38.2. The molecule has 0 saturated carbocycles. The van der Waals surface area contributed by atoms with E-state index in [4.69, 9.17) is 21.4 Å². The highest BCUT2D eigenvalue weighted by Crippen LogP contribution is 2.44. The minimum atomic E-state index is -3.58. The maximum absolute atomic E-state index is 12.0. The summed E-state index contributed by atoms with van der Waals surface area (Å²) in [5.41, 5.74) is 2.49. The van der Waals surface area contributed by atoms with Crippen LogP contribution in [0.15, 0.2) is 83.4 Å². The average Bonchev–Trinajstić information content (AvgIpc) is 3.53. The van der Waals surface area contributed by atoms with Gasteiger partial charge in [0.05, 0.1) is 36.4 Å². The zero-order valence-corrected chi connectivity index (χ0v) is 22.5. The van der Waals surface area contributed by atoms with E-state index < -0.39 is 22.0 Å². The van der Waals surface area contributed by atoms with Crippen molar-refractivity contribution in [2.45, 2.75) is 12.1 Å². The fourth-order valence-corrected chi connectivity index (χ4v) is 5.40. The number of rotatable bonds is 8. The number of sulfonamides is 1. The summed E-state index contributed by atoms with van der Waals surface area (Å²) in [7, 11) is -2.12. The number of hydrogen-bond acceptors (Lipinski definition) is 7. The Morgan fingerprint density at radius 2 is 1.90 bits per heavy atom. The Bertz CT molecular complexity index is 1640. The van der Waals surface area contributed by atoms with Crippen LogP contribution in [0.3, 0.4) is 0 Å². The van der Waals surface area contributed by atoms with Gasteiger partial charge in [-0.05, 0) is 66.8 Å². The number of thiocarbonyl (C=S) groups is 1. The average molecular weight is 565 g/mol. The number of carboxylic acid groups (broad SMARTS) is 1. The van der Waals surface area contributed by atoms with Gasteiger partial charge in [-0.2, -0.15) is 0 Å². The van der Waals surface area contributed by atoms with Gasteiger partial charge in [-0.15, -0.1) is 0 Å². The summed E-state index contributed by atoms with van der Waals surface area (Å²) in [6.45, 7) is 0. The standard InChI is InChI=1S/C27H24N4O6S2/c1-36-22-11-10-18(15-20(22)30-39(2,34)35)31-25(24(29-27(31)38)19-5-3-4-14-28-19)23-13-12-21(37-23)16-6-8-17(9-7-16)26(32)33/h3-15,24-25,30H,1-2H3,(H,29,38)(H,32,33)/t24-,25+/m0/s1. The molecule has 0 bridgehead atoms. The van der Waals surface area contributed by atoms with E-state index in [1.165, 1.54) is 19.2 Å². The summed E-state index contributed by atoms with van der Waals surface area (Å²) in [4.78, 5) is 17.6. The first kappa shape index (κ1) is 26.2. The number of ether oxygens (including phenoxy) is 1. The first-order chi connectivity index (χ1) is 18.6. The number of hydrogen-bond donors (Lipinski definition) is 3. The van der Waals surface area contributed by atoms with E-state index in [1.807, 2.05) is 35.2 Å². The van der Waals surface area contributed by atoms with Crippen LogP contribution in [0.2, 0.25) is 0 Å². The molecule has 10 nitrogen and oxygen atoms in total. The second-order valence-corrected chi connectivity index (χ2v) is 11.0. The first-order valence-electron chi connectivity index (χ1n) is 11.7. The van der Waals surface area contributed by atoms with Gasteiger partial charge in [0.2, 0.25) is 10.0 Å². The van der Waals surface area contributed by atoms with Crippen LogP contribution in [0.25, 0.3) is 11.3 Å². The molecule has 3 heterocycles. The molecule has 5 rings (SSSR count). The number of nitrogens with zero attached hydrogens (tertiary/aromatic N) is 2. The van der Waals surface area contributed by atoms with E-state index in [0.717, 1.165) is 11.9 Å². The molecule has 0 aliphatic carbocycles. The smallest absolute Gasteiger partial charge is 0.335 e. The molecule has 0 amide bonds. The number of pyridine rings is 1. The Morgan fingerprint density at radius 3 is 2.54 bits per heavy atom. The Morgan fingerprint density at radius 1 is 1.13 bits per heavy atom. The van der Waals surface area contributed by atoms with Crippen LogP contribution >= 0.6 is 12.2 Å². The zero-order chi connectivity index (χ0) is 27.7. The van der Waals surface area contributed by atoms with Crippen molar-refractivity contribution in [1.82, 2.24) is 10.3 Å². The van der Waals surface area contributed by atoms with E-state index in [2.05, 4.69) is 15.0 Å². The Hall–Kier alpha value is -4.42. The summed E-state index contributed by atoms with van der Waals surface area (Å²) >= 11 is 5.75. The van der Waals surface area contributed by atoms with Crippen molar-refractivity contribution in [2.75, 3.05) is 23.0 Å². The SMILES string of the molecule is COc1ccc(N2C(=S)N[C@@H](c3ccccn3)[C@H]2c2ccc(-c3ccc(C(=O)O)cc3)o2)cc1NS(C)(=O)=O. The second kappa shape index (κ2) is 10.4. The predicted molar refractivity (Wildman–Crippen MR) is 150 cm³/mol. The highest BCUT2D eigenvalue weighted by atomic mass is 32.2. The lowest BCUT2D eigenvalue weighted by atomic mass is 10.0. The number of carbonyl (C=O) groups is 1. The van der Waals surface area contributed by atoms with E-state index in [-0.39, 0.29) is 17.3 Å². The maximum Gasteiger partial charge on any atom is 0.335 e. The molecule has 12 heteroatoms. The molecule has 3 N–H and O–H groups in total. The van der Waals surface area contributed by atoms with Crippen molar-refractivity contribution >= 4 is 44.7 Å². The fraction of sp³-hybridized carbons (Fsp3) is 0.148. The van der Waals surface area contributed by atoms with Crippen molar-refractivity contribution < 1.29 is 27.5 Å². The third kappa shape index (κ3) is 5.42. The minimum Gasteiger partial charge on any atom is -0.495 e. The molecule has 0 unspecified atom stereocenters. The normalized spacial score (nSPS) is 17.1. The molecule has 0 radical (unpaired) electrons. The summed E-state index contributed by atoms with van der Waals surface area (Å²) in [5.74, 6) is 0.466. The van der Waals surface area contributed by atoms with Crippen LogP contribution in [0.4, 0.5) is 11.4 Å². The monoisotopic (exact) mass is 564 g/mol. The van der Waals surface area contributed by atoms with Crippen LogP contribution < -0.4 is 19.7 Å². The second-order valence-electron chi connectivity index (χ2n) is 8.84. The van der Waals surface area contributed by atoms with Gasteiger partial charge in [-0.3, -0.25) is 9.71 Å². The van der Waals surface area contributed by atoms with Gasteiger partial charge in [0.25, 0.3) is 0 Å². The number of anilines is 2. The molecular formula is C27H24N4O6S2. The molecule has 1 saturated heterocycles. The molecule has 1 fully saturated rings. The minimum absolute atomic E-state index is 0.176. The molecule has 1 aliphatic rings. The molecule has 2 aromatic carbocycles. The van der Waals surface area contributed by atoms with E-state index in [1.54, 1.807) is 36.5 Å². The third-order valence-corrected chi connectivity index (χ3v) is 7.09. The summed E-state index contributed by atoms with van der Waals surface area (Å²) in [6, 6.07) is 19.9. The lowest BCUT2D eigenvalue weighted by molar-refractivity contribution is 0.0697. The molecule has 200 valence electrons. The van der Waals surface area contributed by atoms with Crippen LogP contribution in [-0.4, -0.2) is 43.0 Å². The number of aromatic nitrogens is 1. The van der Waals surface area contributed by atoms with E-state index in [0.29, 0.717) is 33.6 Å². The zero-order valence-electron chi connectivity index (χ0n) is 20.9. The molecule has 2 atom stereocenters. The molecule has 1 aliphatic heterocycles. The maximum atomic E-state index is 12.0. The molecule has 39 heavy (non-hydrogen) atoms. The third-order valence-electron chi connectivity index (χ3n) is 6.19. The summed E-state index contributed by atoms with van der Waals surface area (Å²) in [5, 5.41) is 12.9. The predicted octanol–water partition coefficient (Wildman–Crippen LogP) is 4.60. The van der Waals surface area contributed by atoms with Crippen molar-refractivity contribution in [1.29, 1.82) is 0 Å². The van der Waals surface area contributed by atoms with Crippen LogP contribution in [0.1, 0.15) is 33.9 Å². The van der Waals surface area contributed by atoms with Crippen molar-refractivity contribution in [3.63, 3.8) is 0 Å². The lowest BCUT2D eigenvalue weighted by Crippen LogP contribution is -2.29. The molecule has 2 aromatic heterocycles. The highest BCUT2D eigenvalue weighted by Gasteiger charge is 2.42. The fourth-order valence-electron chi connectivity index (χ4n) is 4.49. The van der Waals surface area contributed by atoms with Gasteiger partial charge in [0.15, 0.2) is 5.11 Å². The van der Waals surface area contributed by atoms with Crippen LogP contribution in [0, 0.1) is 0 Å². The van der Waals surface area contributed by atoms with Crippen LogP contribution in [-0.2, 0) is 10.0 Å². The number of aromatic carboxylic acids is 1. The number of methoxy groups -OCH3 is 1. The quantitative estimate of drug-likeness (QED) is 0.261. The van der Waals surface area contributed by atoms with Crippen LogP contribution in [0.5, 0.6) is 5.75 Å². The van der Waals surface area contributed by atoms with Gasteiger partial charge in [-0.25, -0.2) is 13.2 Å². The largest absolute Gasteiger partial charge is 0.495 e. The van der Waals surface area contributed by atoms with Gasteiger partial charge in [-0.1, -0.05) is 18.2 Å². The number of benzene rings is 2. The Balaban J connectivity index is 1.59. The Labute approximate surface area is 230 Å². The summed E-state index contributed by atoms with van der Waals surface area (Å²) in [6.07, 6.45) is 2.76. The molecule has 0 spiro atoms. The van der Waals surface area contributed by atoms with Gasteiger partial charge >= 0.3 is 5.97 Å². The number of nitrogens with one attached hydrogen (secondary N) is 2. The number of carboxylic acids is 1. The van der Waals surface area contributed by atoms with Gasteiger partial charge < -0.3 is 24.5 Å². The van der Waals surface area contributed by atoms with Crippen molar-refractivity contribution in [2.24, 2.45) is 0 Å². The molecule has 4 aromatic rings. The van der Waals surface area contributed by atoms with Crippen molar-refractivity contribution in [3.8, 4) is 17.1 Å². The highest BCUT2D eigenvalue weighted by molar-refractivity contribution is 7.92. The van der Waals surface area contributed by atoms with Gasteiger partial charge in [0, 0.05) is 17.4 Å². The topological polar surface area (TPSA) is 134 Å². The molecular weight excluding hydrogens is 540 g/mol. The van der Waals surface area contributed by atoms with E-state index in [9.17, 15) is 18.3 Å². The lowest BCUT2D eigenvalue weighted by Gasteiger charge is -2.27. The Kier molecular flexibility index (Phi) is 6.98. The van der Waals surface area contributed by atoms with Gasteiger partial charge in [0.1, 0.15) is 23.3 Å². The first-order valence-corrected chi connectivity index (χ1v) is 14.0.